The highest BCUT2D eigenvalue weighted by molar-refractivity contribution is 5.77. The van der Waals surface area contributed by atoms with Crippen LogP contribution in [0.2, 0.25) is 0 Å². The molecule has 0 bridgehead atoms. The molecule has 0 saturated carbocycles. The van der Waals surface area contributed by atoms with Gasteiger partial charge in [-0.25, -0.2) is 4.79 Å². The lowest BCUT2D eigenvalue weighted by Crippen LogP contribution is -2.37. The molecule has 0 radical (unpaired) electrons. The SMILES string of the molecule is CCNC(N)=NCCNC(=O)N(C)C. The maximum Gasteiger partial charge on any atom is 0.316 e. The molecule has 4 N–H and O–H groups in total. The van der Waals surface area contributed by atoms with Crippen molar-refractivity contribution >= 4 is 12.0 Å². The molecule has 0 fully saturated rings. The predicted octanol–water partition coefficient (Wildman–Crippen LogP) is -0.818. The van der Waals surface area contributed by atoms with Crippen LogP contribution in [-0.4, -0.2) is 50.6 Å². The number of nitrogens with zero attached hydrogens (tertiary/aromatic N) is 2. The molecule has 0 aromatic heterocycles. The highest BCUT2D eigenvalue weighted by Crippen LogP contribution is 1.76. The minimum atomic E-state index is -0.123. The zero-order chi connectivity index (χ0) is 11.0. The number of carbonyl (C=O) groups excluding carboxylic acids is 1. The van der Waals surface area contributed by atoms with Gasteiger partial charge in [0.15, 0.2) is 5.96 Å². The number of nitrogens with two attached hydrogens (primary N) is 1. The summed E-state index contributed by atoms with van der Waals surface area (Å²) < 4.78 is 0. The zero-order valence-electron chi connectivity index (χ0n) is 9.00. The van der Waals surface area contributed by atoms with E-state index < -0.39 is 0 Å². The molecule has 0 rings (SSSR count). The molecule has 0 aliphatic carbocycles. The Morgan fingerprint density at radius 2 is 2.07 bits per heavy atom. The van der Waals surface area contributed by atoms with Crippen molar-refractivity contribution in [1.29, 1.82) is 0 Å². The van der Waals surface area contributed by atoms with E-state index in [4.69, 9.17) is 5.73 Å². The highest BCUT2D eigenvalue weighted by atomic mass is 16.2. The van der Waals surface area contributed by atoms with Crippen LogP contribution in [-0.2, 0) is 0 Å². The molecule has 0 atom stereocenters. The summed E-state index contributed by atoms with van der Waals surface area (Å²) in [5.74, 6) is 0.409. The molecule has 14 heavy (non-hydrogen) atoms. The molecule has 0 saturated heterocycles. The van der Waals surface area contributed by atoms with E-state index >= 15 is 0 Å². The molecule has 0 aromatic rings. The van der Waals surface area contributed by atoms with Crippen molar-refractivity contribution in [2.75, 3.05) is 33.7 Å². The number of carbonyl (C=O) groups is 1. The van der Waals surface area contributed by atoms with Crippen molar-refractivity contribution < 1.29 is 4.79 Å². The monoisotopic (exact) mass is 201 g/mol. The molecule has 0 aliphatic heterocycles. The molecule has 6 heteroatoms. The van der Waals surface area contributed by atoms with Crippen molar-refractivity contribution in [3.05, 3.63) is 0 Å². The van der Waals surface area contributed by atoms with Gasteiger partial charge in [0, 0.05) is 27.2 Å². The van der Waals surface area contributed by atoms with Gasteiger partial charge in [0.1, 0.15) is 0 Å². The second-order valence-electron chi connectivity index (χ2n) is 2.92. The van der Waals surface area contributed by atoms with Crippen LogP contribution in [0.3, 0.4) is 0 Å². The smallest absolute Gasteiger partial charge is 0.316 e. The molecule has 0 unspecified atom stereocenters. The van der Waals surface area contributed by atoms with Crippen LogP contribution < -0.4 is 16.4 Å². The largest absolute Gasteiger partial charge is 0.370 e. The number of amides is 2. The Morgan fingerprint density at radius 1 is 1.43 bits per heavy atom. The zero-order valence-corrected chi connectivity index (χ0v) is 9.00. The third-order valence-corrected chi connectivity index (χ3v) is 1.43. The molecule has 0 aliphatic rings. The van der Waals surface area contributed by atoms with E-state index in [0.717, 1.165) is 6.54 Å². The van der Waals surface area contributed by atoms with E-state index in [1.54, 1.807) is 14.1 Å². The molecule has 2 amide bonds. The first-order valence-corrected chi connectivity index (χ1v) is 4.56. The lowest BCUT2D eigenvalue weighted by atomic mass is 10.6. The first-order chi connectivity index (χ1) is 6.57. The number of rotatable bonds is 4. The highest BCUT2D eigenvalue weighted by Gasteiger charge is 1.99. The lowest BCUT2D eigenvalue weighted by molar-refractivity contribution is 0.218. The maximum atomic E-state index is 11.0. The summed E-state index contributed by atoms with van der Waals surface area (Å²) in [6.07, 6.45) is 0. The quantitative estimate of drug-likeness (QED) is 0.316. The van der Waals surface area contributed by atoms with Crippen LogP contribution in [0.5, 0.6) is 0 Å². The molecular weight excluding hydrogens is 182 g/mol. The second-order valence-corrected chi connectivity index (χ2v) is 2.92. The molecular formula is C8H19N5O. The van der Waals surface area contributed by atoms with Crippen LogP contribution in [0.15, 0.2) is 4.99 Å². The van der Waals surface area contributed by atoms with Crippen LogP contribution >= 0.6 is 0 Å². The summed E-state index contributed by atoms with van der Waals surface area (Å²) in [5, 5.41) is 5.54. The van der Waals surface area contributed by atoms with E-state index in [0.29, 0.717) is 19.0 Å². The van der Waals surface area contributed by atoms with Crippen LogP contribution in [0.25, 0.3) is 0 Å². The summed E-state index contributed by atoms with van der Waals surface area (Å²) in [6, 6.07) is -0.123. The van der Waals surface area contributed by atoms with E-state index in [2.05, 4.69) is 15.6 Å². The van der Waals surface area contributed by atoms with Gasteiger partial charge in [-0.2, -0.15) is 0 Å². The van der Waals surface area contributed by atoms with Gasteiger partial charge in [-0.1, -0.05) is 0 Å². The Balaban J connectivity index is 3.55. The van der Waals surface area contributed by atoms with E-state index in [9.17, 15) is 4.79 Å². The van der Waals surface area contributed by atoms with Crippen LogP contribution in [0.4, 0.5) is 4.79 Å². The summed E-state index contributed by atoms with van der Waals surface area (Å²) in [7, 11) is 3.37. The maximum absolute atomic E-state index is 11.0. The minimum absolute atomic E-state index is 0.123. The number of urea groups is 1. The standard InChI is InChI=1S/C8H19N5O/c1-4-10-7(9)11-5-6-12-8(14)13(2)3/h4-6H2,1-3H3,(H,12,14)(H3,9,10,11). The number of guanidine groups is 1. The minimum Gasteiger partial charge on any atom is -0.370 e. The molecule has 0 spiro atoms. The summed E-state index contributed by atoms with van der Waals surface area (Å²) in [6.45, 7) is 3.66. The van der Waals surface area contributed by atoms with Crippen LogP contribution in [0.1, 0.15) is 6.92 Å². The van der Waals surface area contributed by atoms with Gasteiger partial charge in [-0.3, -0.25) is 4.99 Å². The Hall–Kier alpha value is -1.46. The van der Waals surface area contributed by atoms with Gasteiger partial charge in [-0.05, 0) is 6.92 Å². The third-order valence-electron chi connectivity index (χ3n) is 1.43. The van der Waals surface area contributed by atoms with Gasteiger partial charge in [0.05, 0.1) is 6.54 Å². The predicted molar refractivity (Wildman–Crippen MR) is 57.3 cm³/mol. The first-order valence-electron chi connectivity index (χ1n) is 4.56. The summed E-state index contributed by atoms with van der Waals surface area (Å²) in [4.78, 5) is 16.5. The average Bonchev–Trinajstić information content (AvgIpc) is 2.12. The van der Waals surface area contributed by atoms with Gasteiger partial charge < -0.3 is 21.3 Å². The number of aliphatic imine (C=N–C) groups is 1. The van der Waals surface area contributed by atoms with Gasteiger partial charge in [0.2, 0.25) is 0 Å². The molecule has 82 valence electrons. The number of hydrogen-bond acceptors (Lipinski definition) is 2. The normalized spacial score (nSPS) is 10.9. The summed E-state index contributed by atoms with van der Waals surface area (Å²) in [5.41, 5.74) is 5.48. The number of nitrogens with one attached hydrogen (secondary N) is 2. The Labute approximate surface area is 84.6 Å². The average molecular weight is 201 g/mol. The van der Waals surface area contributed by atoms with E-state index in [1.165, 1.54) is 4.90 Å². The van der Waals surface area contributed by atoms with Gasteiger partial charge >= 0.3 is 6.03 Å². The Bertz CT molecular complexity index is 202. The van der Waals surface area contributed by atoms with E-state index in [-0.39, 0.29) is 6.03 Å². The molecule has 0 aromatic carbocycles. The topological polar surface area (TPSA) is 82.7 Å². The fraction of sp³-hybridized carbons (Fsp3) is 0.750. The Morgan fingerprint density at radius 3 is 2.57 bits per heavy atom. The summed E-state index contributed by atoms with van der Waals surface area (Å²) >= 11 is 0. The fourth-order valence-electron chi connectivity index (χ4n) is 0.734. The van der Waals surface area contributed by atoms with Crippen molar-refractivity contribution in [3.63, 3.8) is 0 Å². The van der Waals surface area contributed by atoms with E-state index in [1.807, 2.05) is 6.92 Å². The van der Waals surface area contributed by atoms with Crippen molar-refractivity contribution in [2.45, 2.75) is 6.92 Å². The van der Waals surface area contributed by atoms with Crippen molar-refractivity contribution in [3.8, 4) is 0 Å². The van der Waals surface area contributed by atoms with Crippen molar-refractivity contribution in [2.24, 2.45) is 10.7 Å². The molecule has 0 heterocycles. The van der Waals surface area contributed by atoms with Crippen LogP contribution in [0, 0.1) is 0 Å². The fourth-order valence-corrected chi connectivity index (χ4v) is 0.734. The lowest BCUT2D eigenvalue weighted by Gasteiger charge is -2.10. The van der Waals surface area contributed by atoms with Crippen molar-refractivity contribution in [1.82, 2.24) is 15.5 Å². The van der Waals surface area contributed by atoms with Gasteiger partial charge in [0.25, 0.3) is 0 Å². The van der Waals surface area contributed by atoms with Gasteiger partial charge in [-0.15, -0.1) is 0 Å². The number of hydrogen-bond donors (Lipinski definition) is 3. The third kappa shape index (κ3) is 6.10. The first kappa shape index (κ1) is 12.5. The molecule has 6 nitrogen and oxygen atoms in total. The second kappa shape index (κ2) is 6.99. The Kier molecular flexibility index (Phi) is 6.26.